The van der Waals surface area contributed by atoms with Crippen LogP contribution in [0.1, 0.15) is 114 Å². The maximum atomic E-state index is 15.1. The number of amides is 5. The van der Waals surface area contributed by atoms with Gasteiger partial charge in [-0.2, -0.15) is 5.10 Å². The highest BCUT2D eigenvalue weighted by molar-refractivity contribution is 5.98. The number of likely N-dealkylation sites (tertiary alicyclic amines) is 1. The number of nitrogens with zero attached hydrogens (tertiary/aromatic N) is 4. The number of piperidine rings is 1. The van der Waals surface area contributed by atoms with Crippen LogP contribution < -0.4 is 26.8 Å². The molecule has 5 aliphatic rings. The fraction of sp³-hybridized carbons (Fsp3) is 0.537. The van der Waals surface area contributed by atoms with E-state index in [1.54, 1.807) is 34.1 Å². The molecule has 0 radical (unpaired) electrons. The van der Waals surface area contributed by atoms with Crippen molar-refractivity contribution in [3.63, 3.8) is 0 Å². The molecule has 5 fully saturated rings. The van der Waals surface area contributed by atoms with Gasteiger partial charge < -0.3 is 40.7 Å². The molecule has 5 N–H and O–H groups in total. The molecule has 5 amide bonds. The maximum Gasteiger partial charge on any atom is 0.272 e. The Morgan fingerprint density at radius 3 is 2.28 bits per heavy atom. The average Bonchev–Trinajstić information content (AvgIpc) is 4.24. The fourth-order valence-corrected chi connectivity index (χ4v) is 10.8. The summed E-state index contributed by atoms with van der Waals surface area (Å²) >= 11 is 0. The zero-order valence-corrected chi connectivity index (χ0v) is 40.7. The number of piperazine rings is 1. The van der Waals surface area contributed by atoms with E-state index in [-0.39, 0.29) is 71.6 Å². The summed E-state index contributed by atoms with van der Waals surface area (Å²) in [5.74, 6) is -1.26. The number of halogens is 1. The number of nitrogens with one attached hydrogen (secondary N) is 5. The van der Waals surface area contributed by atoms with Crippen LogP contribution in [0.2, 0.25) is 0 Å². The molecule has 16 nitrogen and oxygen atoms in total. The minimum absolute atomic E-state index is 0.0460. The first-order chi connectivity index (χ1) is 34.5. The van der Waals surface area contributed by atoms with Crippen LogP contribution in [0.4, 0.5) is 4.39 Å². The van der Waals surface area contributed by atoms with Crippen LogP contribution in [-0.2, 0) is 25.5 Å². The monoisotopic (exact) mass is 974 g/mol. The average molecular weight is 974 g/mol. The molecule has 2 aliphatic carbocycles. The van der Waals surface area contributed by atoms with E-state index in [2.05, 4.69) is 31.5 Å². The maximum absolute atomic E-state index is 15.1. The number of carbonyl (C=O) groups excluding carboxylic acids is 5. The van der Waals surface area contributed by atoms with Gasteiger partial charge in [0.25, 0.3) is 17.4 Å². The van der Waals surface area contributed by atoms with Crippen molar-refractivity contribution >= 4 is 40.3 Å². The lowest BCUT2D eigenvalue weighted by molar-refractivity contribution is -0.133. The Hall–Kier alpha value is -6.04. The predicted octanol–water partition coefficient (Wildman–Crippen LogP) is 4.28. The van der Waals surface area contributed by atoms with Crippen LogP contribution in [0.15, 0.2) is 71.5 Å². The minimum Gasteiger partial charge on any atom is -0.380 e. The lowest BCUT2D eigenvalue weighted by Crippen LogP contribution is -2.53. The van der Waals surface area contributed by atoms with Crippen molar-refractivity contribution in [3.8, 4) is 0 Å². The van der Waals surface area contributed by atoms with Crippen molar-refractivity contribution in [2.24, 2.45) is 11.3 Å². The summed E-state index contributed by atoms with van der Waals surface area (Å²) in [5.41, 5.74) is 2.36. The van der Waals surface area contributed by atoms with E-state index in [1.807, 2.05) is 35.2 Å². The number of benzene rings is 3. The number of aromatic nitrogens is 2. The van der Waals surface area contributed by atoms with Crippen molar-refractivity contribution < 1.29 is 33.1 Å². The molecule has 3 aliphatic heterocycles. The highest BCUT2D eigenvalue weighted by atomic mass is 19.1. The van der Waals surface area contributed by atoms with Gasteiger partial charge in [-0.3, -0.25) is 28.8 Å². The fourth-order valence-electron chi connectivity index (χ4n) is 10.8. The van der Waals surface area contributed by atoms with E-state index < -0.39 is 17.8 Å². The quantitative estimate of drug-likeness (QED) is 0.0847. The summed E-state index contributed by atoms with van der Waals surface area (Å²) in [6.45, 7) is 5.22. The second-order valence-electron chi connectivity index (χ2n) is 20.5. The van der Waals surface area contributed by atoms with Crippen molar-refractivity contribution in [3.05, 3.63) is 111 Å². The number of fused-ring (bicyclic) bond motifs is 1. The van der Waals surface area contributed by atoms with Crippen LogP contribution in [0.25, 0.3) is 10.8 Å². The molecule has 1 unspecified atom stereocenters. The molecular weight excluding hydrogens is 906 g/mol. The van der Waals surface area contributed by atoms with E-state index in [0.29, 0.717) is 99.0 Å². The normalized spacial score (nSPS) is 19.7. The van der Waals surface area contributed by atoms with Gasteiger partial charge in [-0.1, -0.05) is 55.7 Å². The highest BCUT2D eigenvalue weighted by Crippen LogP contribution is 2.35. The van der Waals surface area contributed by atoms with Gasteiger partial charge in [-0.15, -0.1) is 0 Å². The molecule has 9 rings (SSSR count). The topological polar surface area (TPSA) is 198 Å². The number of rotatable bonds is 19. The number of hydrogen-bond acceptors (Lipinski definition) is 10. The van der Waals surface area contributed by atoms with E-state index in [0.717, 1.165) is 76.3 Å². The molecule has 1 aromatic heterocycles. The van der Waals surface area contributed by atoms with Crippen LogP contribution >= 0.6 is 0 Å². The molecular formula is C54H68FN9O7. The number of ether oxygens (including phenoxy) is 1. The first-order valence-electron chi connectivity index (χ1n) is 25.8. The van der Waals surface area contributed by atoms with Crippen molar-refractivity contribution in [1.82, 2.24) is 46.2 Å². The van der Waals surface area contributed by atoms with Gasteiger partial charge >= 0.3 is 0 Å². The van der Waals surface area contributed by atoms with Crippen LogP contribution in [0.5, 0.6) is 0 Å². The Bertz CT molecular complexity index is 2620. The van der Waals surface area contributed by atoms with E-state index in [9.17, 15) is 28.8 Å². The second-order valence-corrected chi connectivity index (χ2v) is 20.5. The van der Waals surface area contributed by atoms with Crippen molar-refractivity contribution in [2.45, 2.75) is 95.1 Å². The zero-order valence-electron chi connectivity index (χ0n) is 40.7. The summed E-state index contributed by atoms with van der Waals surface area (Å²) in [7, 11) is 0. The minimum atomic E-state index is -0.652. The molecule has 4 heterocycles. The largest absolute Gasteiger partial charge is 0.380 e. The molecule has 17 heteroatoms. The summed E-state index contributed by atoms with van der Waals surface area (Å²) < 4.78 is 20.7. The summed E-state index contributed by atoms with van der Waals surface area (Å²) in [6, 6.07) is 19.1. The van der Waals surface area contributed by atoms with Gasteiger partial charge in [0.05, 0.1) is 42.9 Å². The Morgan fingerprint density at radius 2 is 1.52 bits per heavy atom. The molecule has 378 valence electrons. The molecule has 0 spiro atoms. The molecule has 0 bridgehead atoms. The Morgan fingerprint density at radius 1 is 0.775 bits per heavy atom. The first kappa shape index (κ1) is 49.9. The smallest absolute Gasteiger partial charge is 0.272 e. The third-order valence-electron chi connectivity index (χ3n) is 15.4. The van der Waals surface area contributed by atoms with Gasteiger partial charge in [-0.05, 0) is 105 Å². The van der Waals surface area contributed by atoms with Gasteiger partial charge in [0, 0.05) is 80.6 Å². The number of carbonyl (C=O) groups is 5. The molecule has 2 saturated carbocycles. The van der Waals surface area contributed by atoms with Crippen molar-refractivity contribution in [2.75, 3.05) is 78.7 Å². The van der Waals surface area contributed by atoms with E-state index in [1.165, 1.54) is 12.1 Å². The third kappa shape index (κ3) is 12.5. The summed E-state index contributed by atoms with van der Waals surface area (Å²) in [6.07, 6.45) is 10.8. The Labute approximate surface area is 414 Å². The summed E-state index contributed by atoms with van der Waals surface area (Å²) in [5, 5.41) is 20.9. The molecule has 2 atom stereocenters. The van der Waals surface area contributed by atoms with Gasteiger partial charge in [0.15, 0.2) is 0 Å². The van der Waals surface area contributed by atoms with Gasteiger partial charge in [0.1, 0.15) is 11.9 Å². The zero-order chi connectivity index (χ0) is 49.3. The van der Waals surface area contributed by atoms with Gasteiger partial charge in [-0.25, -0.2) is 9.49 Å². The molecule has 4 aromatic rings. The Kier molecular flexibility index (Phi) is 16.2. The molecule has 3 saturated heterocycles. The van der Waals surface area contributed by atoms with E-state index >= 15 is 4.39 Å². The van der Waals surface area contributed by atoms with E-state index in [4.69, 9.17) is 4.74 Å². The number of hydrogen-bond donors (Lipinski definition) is 5. The third-order valence-corrected chi connectivity index (χ3v) is 15.4. The predicted molar refractivity (Wildman–Crippen MR) is 266 cm³/mol. The van der Waals surface area contributed by atoms with Crippen LogP contribution in [-0.4, -0.2) is 145 Å². The first-order valence-corrected chi connectivity index (χ1v) is 25.8. The highest BCUT2D eigenvalue weighted by Gasteiger charge is 2.39. The van der Waals surface area contributed by atoms with Crippen LogP contribution in [0, 0.1) is 17.2 Å². The Balaban J connectivity index is 0.712. The van der Waals surface area contributed by atoms with Gasteiger partial charge in [0.2, 0.25) is 17.7 Å². The van der Waals surface area contributed by atoms with Crippen molar-refractivity contribution in [1.29, 1.82) is 0 Å². The number of H-pyrrole nitrogens is 1. The SMILES string of the molecule is O=C(N[C@@H](C(=O)NCCC1(CCNCC(=O)N2CCN(C(=O)c3cc(Cc4n[nH]c(=O)c5ccccc45)ccc3F)CC2)COC1)C1CCCCC1)c1cccc(C2CCCN(C(=O)CNC3CC3)C2)c1. The number of aromatic amines is 1. The van der Waals surface area contributed by atoms with Crippen LogP contribution in [0.3, 0.4) is 0 Å². The molecule has 3 aromatic carbocycles. The second kappa shape index (κ2) is 23.0. The molecule has 71 heavy (non-hydrogen) atoms. The lowest BCUT2D eigenvalue weighted by atomic mass is 9.79. The standard InChI is InChI=1S/C54H68FN9O7/c55-45-18-15-36(29-46-42-13-4-5-14-43(42)51(68)61-60-46)28-44(45)53(70)63-26-24-62(25-27-63)47(65)31-56-21-19-54(34-71-35-54)20-22-57-52(69)49(37-8-2-1-3-9-37)59-50(67)39-11-6-10-38(30-39)40-12-7-23-64(33-40)48(66)32-58-41-16-17-41/h4-6,10-11,13-15,18,28,30,37,40-41,49,56,58H,1-3,7-9,12,16-17,19-27,29,31-35H2,(H,57,69)(H,59,67)(H,61,68)/t40?,49-/m1/s1. The lowest BCUT2D eigenvalue weighted by Gasteiger charge is -2.42. The summed E-state index contributed by atoms with van der Waals surface area (Å²) in [4.78, 5) is 85.1.